The molecule has 112 valence electrons. The topological polar surface area (TPSA) is 33.7 Å². The molecule has 0 unspecified atom stereocenters. The Bertz CT molecular complexity index is 245. The highest BCUT2D eigenvalue weighted by molar-refractivity contribution is 4.85. The summed E-state index contributed by atoms with van der Waals surface area (Å²) in [5.74, 6) is -0.212. The third kappa shape index (κ3) is 4.42. The Morgan fingerprint density at radius 1 is 1.11 bits per heavy atom. The highest BCUT2D eigenvalue weighted by Gasteiger charge is 2.39. The number of ether oxygens (including phenoxy) is 2. The molecule has 0 bridgehead atoms. The van der Waals surface area contributed by atoms with Crippen LogP contribution < -0.4 is 5.32 Å². The van der Waals surface area contributed by atoms with Gasteiger partial charge in [0.25, 0.3) is 0 Å². The summed E-state index contributed by atoms with van der Waals surface area (Å²) in [6.45, 7) is 10.7. The lowest BCUT2D eigenvalue weighted by atomic mass is 9.90. The maximum Gasteiger partial charge on any atom is 0.168 e. The summed E-state index contributed by atoms with van der Waals surface area (Å²) in [6.07, 6.45) is 5.71. The Balaban J connectivity index is 1.60. The van der Waals surface area contributed by atoms with Crippen molar-refractivity contribution in [3.05, 3.63) is 0 Å². The van der Waals surface area contributed by atoms with Crippen LogP contribution in [0.4, 0.5) is 0 Å². The summed E-state index contributed by atoms with van der Waals surface area (Å²) in [7, 11) is 0. The molecule has 0 amide bonds. The van der Waals surface area contributed by atoms with E-state index < -0.39 is 0 Å². The number of nitrogens with zero attached hydrogens (tertiary/aromatic N) is 1. The standard InChI is InChI=1S/C15H30N2O2/c1-3-10-17(4-2)11-9-16-14-5-7-15(8-6-14)18-12-13-19-15/h14,16H,3-13H2,1-2H3. The molecule has 0 atom stereocenters. The lowest BCUT2D eigenvalue weighted by Gasteiger charge is -2.36. The summed E-state index contributed by atoms with van der Waals surface area (Å²) in [5.41, 5.74) is 0. The van der Waals surface area contributed by atoms with E-state index in [0.29, 0.717) is 6.04 Å². The molecule has 1 spiro atoms. The van der Waals surface area contributed by atoms with Crippen molar-refractivity contribution in [2.45, 2.75) is 57.8 Å². The smallest absolute Gasteiger partial charge is 0.168 e. The number of rotatable bonds is 7. The van der Waals surface area contributed by atoms with Gasteiger partial charge in [-0.05, 0) is 32.4 Å². The third-order valence-corrected chi connectivity index (χ3v) is 4.41. The van der Waals surface area contributed by atoms with Gasteiger partial charge in [0, 0.05) is 32.0 Å². The molecule has 1 aliphatic carbocycles. The van der Waals surface area contributed by atoms with Gasteiger partial charge in [-0.2, -0.15) is 0 Å². The number of hydrogen-bond donors (Lipinski definition) is 1. The van der Waals surface area contributed by atoms with Crippen LogP contribution in [-0.4, -0.2) is 56.1 Å². The maximum atomic E-state index is 5.76. The average molecular weight is 270 g/mol. The van der Waals surface area contributed by atoms with E-state index in [9.17, 15) is 0 Å². The first-order valence-corrected chi connectivity index (χ1v) is 8.01. The molecule has 1 saturated heterocycles. The van der Waals surface area contributed by atoms with E-state index in [-0.39, 0.29) is 5.79 Å². The first-order chi connectivity index (χ1) is 9.28. The molecule has 19 heavy (non-hydrogen) atoms. The second kappa shape index (κ2) is 7.58. The fourth-order valence-corrected chi connectivity index (χ4v) is 3.22. The van der Waals surface area contributed by atoms with E-state index in [0.717, 1.165) is 39.1 Å². The fourth-order valence-electron chi connectivity index (χ4n) is 3.22. The molecule has 1 saturated carbocycles. The van der Waals surface area contributed by atoms with Gasteiger partial charge in [-0.15, -0.1) is 0 Å². The van der Waals surface area contributed by atoms with Crippen molar-refractivity contribution in [3.63, 3.8) is 0 Å². The van der Waals surface area contributed by atoms with Gasteiger partial charge in [0.2, 0.25) is 0 Å². The first-order valence-electron chi connectivity index (χ1n) is 8.01. The molecule has 0 radical (unpaired) electrons. The van der Waals surface area contributed by atoms with Crippen LogP contribution in [0, 0.1) is 0 Å². The normalized spacial score (nSPS) is 23.5. The van der Waals surface area contributed by atoms with Gasteiger partial charge in [0.05, 0.1) is 13.2 Å². The minimum atomic E-state index is -0.212. The number of hydrogen-bond acceptors (Lipinski definition) is 4. The Morgan fingerprint density at radius 3 is 2.37 bits per heavy atom. The second-order valence-electron chi connectivity index (χ2n) is 5.77. The van der Waals surface area contributed by atoms with Gasteiger partial charge >= 0.3 is 0 Å². The summed E-state index contributed by atoms with van der Waals surface area (Å²) in [6, 6.07) is 0.652. The van der Waals surface area contributed by atoms with Crippen molar-refractivity contribution in [2.24, 2.45) is 0 Å². The molecule has 1 N–H and O–H groups in total. The first kappa shape index (κ1) is 15.2. The Labute approximate surface area is 117 Å². The van der Waals surface area contributed by atoms with Crippen LogP contribution in [0.5, 0.6) is 0 Å². The zero-order valence-electron chi connectivity index (χ0n) is 12.6. The Hall–Kier alpha value is -0.160. The van der Waals surface area contributed by atoms with Crippen molar-refractivity contribution in [2.75, 3.05) is 39.4 Å². The predicted molar refractivity (Wildman–Crippen MR) is 77.3 cm³/mol. The second-order valence-corrected chi connectivity index (χ2v) is 5.77. The van der Waals surface area contributed by atoms with Crippen LogP contribution in [0.1, 0.15) is 46.0 Å². The third-order valence-electron chi connectivity index (χ3n) is 4.41. The van der Waals surface area contributed by atoms with E-state index in [4.69, 9.17) is 9.47 Å². The zero-order valence-corrected chi connectivity index (χ0v) is 12.6. The van der Waals surface area contributed by atoms with Crippen molar-refractivity contribution >= 4 is 0 Å². The Kier molecular flexibility index (Phi) is 6.07. The molecule has 4 heteroatoms. The molecule has 0 aromatic heterocycles. The SMILES string of the molecule is CCCN(CC)CCNC1CCC2(CC1)OCCO2. The molecule has 2 aliphatic rings. The lowest BCUT2D eigenvalue weighted by Crippen LogP contribution is -2.44. The number of nitrogens with one attached hydrogen (secondary N) is 1. The van der Waals surface area contributed by atoms with E-state index in [2.05, 4.69) is 24.1 Å². The molecular formula is C15H30N2O2. The summed E-state index contributed by atoms with van der Waals surface area (Å²) >= 11 is 0. The zero-order chi connectivity index (χ0) is 13.6. The van der Waals surface area contributed by atoms with Gasteiger partial charge in [-0.3, -0.25) is 0 Å². The largest absolute Gasteiger partial charge is 0.348 e. The van der Waals surface area contributed by atoms with Crippen molar-refractivity contribution < 1.29 is 9.47 Å². The lowest BCUT2D eigenvalue weighted by molar-refractivity contribution is -0.179. The number of likely N-dealkylation sites (N-methyl/N-ethyl adjacent to an activating group) is 1. The van der Waals surface area contributed by atoms with Crippen LogP contribution in [0.15, 0.2) is 0 Å². The molecule has 2 fully saturated rings. The predicted octanol–water partition coefficient (Wildman–Crippen LogP) is 1.99. The molecule has 1 aliphatic heterocycles. The van der Waals surface area contributed by atoms with Gasteiger partial charge < -0.3 is 19.7 Å². The van der Waals surface area contributed by atoms with Crippen molar-refractivity contribution in [3.8, 4) is 0 Å². The van der Waals surface area contributed by atoms with Gasteiger partial charge in [0.15, 0.2) is 5.79 Å². The van der Waals surface area contributed by atoms with Crippen molar-refractivity contribution in [1.82, 2.24) is 10.2 Å². The van der Waals surface area contributed by atoms with Crippen LogP contribution in [0.25, 0.3) is 0 Å². The van der Waals surface area contributed by atoms with E-state index in [1.807, 2.05) is 0 Å². The summed E-state index contributed by atoms with van der Waals surface area (Å²) in [4.78, 5) is 2.51. The van der Waals surface area contributed by atoms with Crippen LogP contribution in [-0.2, 0) is 9.47 Å². The van der Waals surface area contributed by atoms with Gasteiger partial charge in [0.1, 0.15) is 0 Å². The summed E-state index contributed by atoms with van der Waals surface area (Å²) < 4.78 is 11.5. The molecule has 2 rings (SSSR count). The van der Waals surface area contributed by atoms with Gasteiger partial charge in [-0.1, -0.05) is 13.8 Å². The van der Waals surface area contributed by atoms with Gasteiger partial charge in [-0.25, -0.2) is 0 Å². The van der Waals surface area contributed by atoms with Crippen LogP contribution >= 0.6 is 0 Å². The minimum Gasteiger partial charge on any atom is -0.348 e. The quantitative estimate of drug-likeness (QED) is 0.767. The van der Waals surface area contributed by atoms with E-state index in [1.165, 1.54) is 32.4 Å². The molecular weight excluding hydrogens is 240 g/mol. The molecule has 0 aromatic rings. The molecule has 4 nitrogen and oxygen atoms in total. The molecule has 1 heterocycles. The highest BCUT2D eigenvalue weighted by atomic mass is 16.7. The maximum absolute atomic E-state index is 5.76. The van der Waals surface area contributed by atoms with Crippen LogP contribution in [0.2, 0.25) is 0 Å². The minimum absolute atomic E-state index is 0.212. The Morgan fingerprint density at radius 2 is 1.79 bits per heavy atom. The molecule has 0 aromatic carbocycles. The fraction of sp³-hybridized carbons (Fsp3) is 1.00. The van der Waals surface area contributed by atoms with Crippen molar-refractivity contribution in [1.29, 1.82) is 0 Å². The highest BCUT2D eigenvalue weighted by Crippen LogP contribution is 2.35. The monoisotopic (exact) mass is 270 g/mol. The van der Waals surface area contributed by atoms with E-state index in [1.54, 1.807) is 0 Å². The van der Waals surface area contributed by atoms with Crippen LogP contribution in [0.3, 0.4) is 0 Å². The average Bonchev–Trinajstić information content (AvgIpc) is 2.89. The summed E-state index contributed by atoms with van der Waals surface area (Å²) in [5, 5.41) is 3.70. The van der Waals surface area contributed by atoms with E-state index >= 15 is 0 Å².